The molecule has 0 fully saturated rings. The molecule has 1 atom stereocenters. The third kappa shape index (κ3) is 3.59. The first-order valence-corrected chi connectivity index (χ1v) is 8.98. The molecule has 0 spiro atoms. The number of para-hydroxylation sites is 1. The Morgan fingerprint density at radius 1 is 1.04 bits per heavy atom. The summed E-state index contributed by atoms with van der Waals surface area (Å²) in [5.41, 5.74) is 2.47. The van der Waals surface area contributed by atoms with Gasteiger partial charge in [0.2, 0.25) is 6.79 Å². The zero-order valence-corrected chi connectivity index (χ0v) is 14.9. The van der Waals surface area contributed by atoms with Gasteiger partial charge >= 0.3 is 0 Å². The Kier molecular flexibility index (Phi) is 4.30. The van der Waals surface area contributed by atoms with Gasteiger partial charge in [0.1, 0.15) is 11.4 Å². The van der Waals surface area contributed by atoms with E-state index in [2.05, 4.69) is 49.5 Å². The Balaban J connectivity index is 1.34. The van der Waals surface area contributed by atoms with Gasteiger partial charge in [-0.3, -0.25) is 0 Å². The molecule has 2 heterocycles. The van der Waals surface area contributed by atoms with E-state index in [4.69, 9.17) is 14.2 Å². The standard InChI is InChI=1S/C21H25NO3/c1-21(2)12-16(17-5-3-4-6-18(17)25-21)13-22-10-9-15-7-8-19-20(11-15)24-14-23-19/h3-8,11,16,22H,9-10,12-14H2,1-2H3. The lowest BCUT2D eigenvalue weighted by molar-refractivity contribution is 0.0718. The van der Waals surface area contributed by atoms with Crippen molar-refractivity contribution in [2.45, 2.75) is 38.2 Å². The summed E-state index contributed by atoms with van der Waals surface area (Å²) >= 11 is 0. The molecule has 0 amide bonds. The highest BCUT2D eigenvalue weighted by atomic mass is 16.7. The first-order valence-electron chi connectivity index (χ1n) is 8.98. The molecule has 2 aliphatic heterocycles. The van der Waals surface area contributed by atoms with Gasteiger partial charge < -0.3 is 19.5 Å². The second-order valence-corrected chi connectivity index (χ2v) is 7.44. The number of benzene rings is 2. The van der Waals surface area contributed by atoms with Crippen LogP contribution in [0, 0.1) is 0 Å². The first kappa shape index (κ1) is 16.3. The topological polar surface area (TPSA) is 39.7 Å². The quantitative estimate of drug-likeness (QED) is 0.839. The van der Waals surface area contributed by atoms with Gasteiger partial charge in [0.15, 0.2) is 11.5 Å². The van der Waals surface area contributed by atoms with E-state index in [-0.39, 0.29) is 5.60 Å². The molecule has 132 valence electrons. The van der Waals surface area contributed by atoms with E-state index < -0.39 is 0 Å². The molecule has 0 aliphatic carbocycles. The van der Waals surface area contributed by atoms with Gasteiger partial charge in [-0.2, -0.15) is 0 Å². The molecule has 2 aromatic rings. The van der Waals surface area contributed by atoms with E-state index >= 15 is 0 Å². The van der Waals surface area contributed by atoms with Gasteiger partial charge in [0.05, 0.1) is 0 Å². The predicted octanol–water partition coefficient (Wildman–Crippen LogP) is 3.89. The Bertz CT molecular complexity index is 757. The highest BCUT2D eigenvalue weighted by molar-refractivity contribution is 5.44. The third-order valence-corrected chi connectivity index (χ3v) is 4.90. The van der Waals surface area contributed by atoms with Crippen LogP contribution < -0.4 is 19.5 Å². The lowest BCUT2D eigenvalue weighted by Gasteiger charge is -2.37. The molecular formula is C21H25NO3. The molecule has 1 unspecified atom stereocenters. The minimum Gasteiger partial charge on any atom is -0.488 e. The summed E-state index contributed by atoms with van der Waals surface area (Å²) in [6, 6.07) is 14.6. The molecule has 0 saturated heterocycles. The van der Waals surface area contributed by atoms with Crippen LogP contribution in [0.1, 0.15) is 37.3 Å². The fourth-order valence-corrected chi connectivity index (χ4v) is 3.74. The van der Waals surface area contributed by atoms with E-state index in [0.29, 0.717) is 12.7 Å². The maximum absolute atomic E-state index is 6.11. The van der Waals surface area contributed by atoms with Crippen LogP contribution in [0.25, 0.3) is 0 Å². The van der Waals surface area contributed by atoms with E-state index in [0.717, 1.165) is 43.2 Å². The Labute approximate surface area is 149 Å². The second-order valence-electron chi connectivity index (χ2n) is 7.44. The minimum atomic E-state index is -0.113. The van der Waals surface area contributed by atoms with Crippen molar-refractivity contribution in [2.75, 3.05) is 19.9 Å². The van der Waals surface area contributed by atoms with Gasteiger partial charge in [-0.05, 0) is 62.6 Å². The molecule has 2 aromatic carbocycles. The SMILES string of the molecule is CC1(C)CC(CNCCc2ccc3c(c2)OCO3)c2ccccc2O1. The van der Waals surface area contributed by atoms with Gasteiger partial charge in [-0.1, -0.05) is 24.3 Å². The average molecular weight is 339 g/mol. The number of ether oxygens (including phenoxy) is 3. The molecule has 0 aromatic heterocycles. The van der Waals surface area contributed by atoms with Crippen molar-refractivity contribution in [3.63, 3.8) is 0 Å². The van der Waals surface area contributed by atoms with Crippen LogP contribution in [0.2, 0.25) is 0 Å². The zero-order chi connectivity index (χ0) is 17.3. The molecule has 4 nitrogen and oxygen atoms in total. The largest absolute Gasteiger partial charge is 0.488 e. The van der Waals surface area contributed by atoms with Crippen LogP contribution in [0.5, 0.6) is 17.2 Å². The number of nitrogens with one attached hydrogen (secondary N) is 1. The average Bonchev–Trinajstić information content (AvgIpc) is 3.05. The predicted molar refractivity (Wildman–Crippen MR) is 97.6 cm³/mol. The second kappa shape index (κ2) is 6.60. The van der Waals surface area contributed by atoms with Crippen molar-refractivity contribution in [1.29, 1.82) is 0 Å². The highest BCUT2D eigenvalue weighted by Gasteiger charge is 2.33. The van der Waals surface area contributed by atoms with Crippen molar-refractivity contribution in [3.05, 3.63) is 53.6 Å². The van der Waals surface area contributed by atoms with Crippen LogP contribution in [0.15, 0.2) is 42.5 Å². The van der Waals surface area contributed by atoms with Crippen molar-refractivity contribution < 1.29 is 14.2 Å². The van der Waals surface area contributed by atoms with Gasteiger partial charge in [-0.15, -0.1) is 0 Å². The number of fused-ring (bicyclic) bond motifs is 2. The van der Waals surface area contributed by atoms with E-state index in [9.17, 15) is 0 Å². The maximum atomic E-state index is 6.11. The summed E-state index contributed by atoms with van der Waals surface area (Å²) in [4.78, 5) is 0. The molecule has 0 radical (unpaired) electrons. The summed E-state index contributed by atoms with van der Waals surface area (Å²) in [6.07, 6.45) is 2.01. The summed E-state index contributed by atoms with van der Waals surface area (Å²) in [7, 11) is 0. The van der Waals surface area contributed by atoms with Crippen LogP contribution in [0.4, 0.5) is 0 Å². The van der Waals surface area contributed by atoms with E-state index in [1.165, 1.54) is 11.1 Å². The first-order chi connectivity index (χ1) is 12.1. The van der Waals surface area contributed by atoms with E-state index in [1.807, 2.05) is 12.1 Å². The van der Waals surface area contributed by atoms with Crippen LogP contribution in [0.3, 0.4) is 0 Å². The monoisotopic (exact) mass is 339 g/mol. The van der Waals surface area contributed by atoms with Gasteiger partial charge in [-0.25, -0.2) is 0 Å². The van der Waals surface area contributed by atoms with Gasteiger partial charge in [0, 0.05) is 12.5 Å². The van der Waals surface area contributed by atoms with Crippen molar-refractivity contribution in [2.24, 2.45) is 0 Å². The minimum absolute atomic E-state index is 0.113. The summed E-state index contributed by atoms with van der Waals surface area (Å²) < 4.78 is 16.9. The summed E-state index contributed by atoms with van der Waals surface area (Å²) in [5.74, 6) is 3.22. The Hall–Kier alpha value is -2.20. The van der Waals surface area contributed by atoms with Crippen LogP contribution >= 0.6 is 0 Å². The van der Waals surface area contributed by atoms with Crippen molar-refractivity contribution in [1.82, 2.24) is 5.32 Å². The van der Waals surface area contributed by atoms with Gasteiger partial charge in [0.25, 0.3) is 0 Å². The fourth-order valence-electron chi connectivity index (χ4n) is 3.74. The normalized spacial score (nSPS) is 20.0. The smallest absolute Gasteiger partial charge is 0.231 e. The van der Waals surface area contributed by atoms with Crippen molar-refractivity contribution >= 4 is 0 Å². The highest BCUT2D eigenvalue weighted by Crippen LogP contribution is 2.40. The Morgan fingerprint density at radius 2 is 1.88 bits per heavy atom. The summed E-state index contributed by atoms with van der Waals surface area (Å²) in [6.45, 7) is 6.58. The molecule has 4 rings (SSSR count). The number of hydrogen-bond acceptors (Lipinski definition) is 4. The zero-order valence-electron chi connectivity index (χ0n) is 14.9. The van der Waals surface area contributed by atoms with Crippen LogP contribution in [-0.2, 0) is 6.42 Å². The summed E-state index contributed by atoms with van der Waals surface area (Å²) in [5, 5.41) is 3.62. The third-order valence-electron chi connectivity index (χ3n) is 4.90. The number of rotatable bonds is 5. The molecule has 25 heavy (non-hydrogen) atoms. The molecule has 1 N–H and O–H groups in total. The lowest BCUT2D eigenvalue weighted by Crippen LogP contribution is -2.38. The maximum Gasteiger partial charge on any atom is 0.231 e. The Morgan fingerprint density at radius 3 is 2.80 bits per heavy atom. The molecule has 2 aliphatic rings. The molecule has 0 bridgehead atoms. The molecular weight excluding hydrogens is 314 g/mol. The number of hydrogen-bond donors (Lipinski definition) is 1. The fraction of sp³-hybridized carbons (Fsp3) is 0.429. The molecule has 0 saturated carbocycles. The van der Waals surface area contributed by atoms with Crippen LogP contribution in [-0.4, -0.2) is 25.5 Å². The van der Waals surface area contributed by atoms with E-state index in [1.54, 1.807) is 0 Å². The lowest BCUT2D eigenvalue weighted by atomic mass is 9.84. The van der Waals surface area contributed by atoms with Crippen molar-refractivity contribution in [3.8, 4) is 17.2 Å². The molecule has 4 heteroatoms.